The molecule has 0 radical (unpaired) electrons. The first kappa shape index (κ1) is 17.3. The minimum absolute atomic E-state index is 0.110. The van der Waals surface area contributed by atoms with Crippen LogP contribution in [0.2, 0.25) is 0 Å². The van der Waals surface area contributed by atoms with Crippen LogP contribution in [0.4, 0.5) is 4.79 Å². The molecular weight excluding hydrogens is 276 g/mol. The molecule has 1 fully saturated rings. The Morgan fingerprint density at radius 1 is 1.24 bits per heavy atom. The second kappa shape index (κ2) is 8.49. The Balaban J connectivity index is 2.65. The van der Waals surface area contributed by atoms with Gasteiger partial charge in [-0.15, -0.1) is 0 Å². The summed E-state index contributed by atoms with van der Waals surface area (Å²) in [6, 6.07) is -1.43. The normalized spacial score (nSPS) is 20.4. The van der Waals surface area contributed by atoms with Crippen molar-refractivity contribution in [2.45, 2.75) is 64.0 Å². The molecule has 0 bridgehead atoms. The van der Waals surface area contributed by atoms with Crippen LogP contribution in [0.15, 0.2) is 0 Å². The topological polar surface area (TPSA) is 107 Å². The van der Waals surface area contributed by atoms with Gasteiger partial charge in [-0.05, 0) is 25.7 Å². The third-order valence-corrected chi connectivity index (χ3v) is 3.85. The van der Waals surface area contributed by atoms with Gasteiger partial charge in [0.1, 0.15) is 6.04 Å². The van der Waals surface area contributed by atoms with Crippen molar-refractivity contribution >= 4 is 18.0 Å². The summed E-state index contributed by atoms with van der Waals surface area (Å²) in [5.74, 6) is -2.27. The van der Waals surface area contributed by atoms with Gasteiger partial charge in [0.2, 0.25) is 0 Å². The maximum Gasteiger partial charge on any atom is 0.326 e. The highest BCUT2D eigenvalue weighted by molar-refractivity contribution is 5.83. The summed E-state index contributed by atoms with van der Waals surface area (Å²) in [6.07, 6.45) is 4.43. The monoisotopic (exact) mass is 300 g/mol. The lowest BCUT2D eigenvalue weighted by Crippen LogP contribution is -2.51. The van der Waals surface area contributed by atoms with Gasteiger partial charge in [0.25, 0.3) is 0 Å². The lowest BCUT2D eigenvalue weighted by molar-refractivity contribution is -0.140. The molecule has 1 heterocycles. The number of likely N-dealkylation sites (tertiary alicyclic amines) is 1. The lowest BCUT2D eigenvalue weighted by Gasteiger charge is -2.30. The Morgan fingerprint density at radius 2 is 1.95 bits per heavy atom. The van der Waals surface area contributed by atoms with Crippen LogP contribution < -0.4 is 5.32 Å². The molecule has 3 N–H and O–H groups in total. The first-order chi connectivity index (χ1) is 9.95. The summed E-state index contributed by atoms with van der Waals surface area (Å²) in [4.78, 5) is 35.6. The van der Waals surface area contributed by atoms with Gasteiger partial charge >= 0.3 is 18.0 Å². The van der Waals surface area contributed by atoms with E-state index < -0.39 is 24.0 Å². The summed E-state index contributed by atoms with van der Waals surface area (Å²) in [6.45, 7) is 2.63. The molecule has 1 aliphatic heterocycles. The van der Waals surface area contributed by atoms with E-state index in [9.17, 15) is 14.4 Å². The van der Waals surface area contributed by atoms with E-state index in [1.807, 2.05) is 6.92 Å². The van der Waals surface area contributed by atoms with Crippen LogP contribution in [-0.2, 0) is 9.59 Å². The molecule has 0 aromatic rings. The molecule has 1 saturated heterocycles. The van der Waals surface area contributed by atoms with Gasteiger partial charge in [-0.25, -0.2) is 9.59 Å². The number of hydrogen-bond donors (Lipinski definition) is 3. The van der Waals surface area contributed by atoms with Gasteiger partial charge in [0.15, 0.2) is 0 Å². The third kappa shape index (κ3) is 5.61. The van der Waals surface area contributed by atoms with E-state index in [4.69, 9.17) is 10.2 Å². The average Bonchev–Trinajstić information content (AvgIpc) is 2.67. The molecule has 0 aromatic carbocycles. The van der Waals surface area contributed by atoms with Crippen molar-refractivity contribution in [3.05, 3.63) is 0 Å². The smallest absolute Gasteiger partial charge is 0.326 e. The minimum atomic E-state index is -1.20. The number of carboxylic acids is 2. The summed E-state index contributed by atoms with van der Waals surface area (Å²) < 4.78 is 0. The summed E-state index contributed by atoms with van der Waals surface area (Å²) in [5.41, 5.74) is 0. The summed E-state index contributed by atoms with van der Waals surface area (Å²) in [7, 11) is 0. The molecule has 0 aliphatic carbocycles. The summed E-state index contributed by atoms with van der Waals surface area (Å²) in [5, 5.41) is 20.2. The largest absolute Gasteiger partial charge is 0.481 e. The zero-order valence-corrected chi connectivity index (χ0v) is 12.4. The molecular formula is C14H24N2O5. The number of hydrogen-bond acceptors (Lipinski definition) is 3. The molecule has 2 unspecified atom stereocenters. The first-order valence-electron chi connectivity index (χ1n) is 7.47. The van der Waals surface area contributed by atoms with Crippen LogP contribution in [0, 0.1) is 0 Å². The highest BCUT2D eigenvalue weighted by Gasteiger charge is 2.28. The molecule has 0 aromatic heterocycles. The fourth-order valence-electron chi connectivity index (χ4n) is 2.63. The third-order valence-electron chi connectivity index (χ3n) is 3.85. The van der Waals surface area contributed by atoms with Crippen LogP contribution >= 0.6 is 0 Å². The molecule has 120 valence electrons. The van der Waals surface area contributed by atoms with E-state index in [1.54, 1.807) is 4.90 Å². The van der Waals surface area contributed by atoms with Gasteiger partial charge in [-0.2, -0.15) is 0 Å². The number of urea groups is 1. The van der Waals surface area contributed by atoms with Crippen molar-refractivity contribution in [3.8, 4) is 0 Å². The molecule has 1 rings (SSSR count). The predicted molar refractivity (Wildman–Crippen MR) is 76.1 cm³/mol. The van der Waals surface area contributed by atoms with Crippen molar-refractivity contribution in [2.75, 3.05) is 6.54 Å². The fraction of sp³-hybridized carbons (Fsp3) is 0.786. The maximum absolute atomic E-state index is 12.3. The SMILES string of the molecule is CCC1CCCCCN1C(=O)NC(CCC(=O)O)C(=O)O. The Bertz CT molecular complexity index is 386. The van der Waals surface area contributed by atoms with Crippen molar-refractivity contribution in [1.29, 1.82) is 0 Å². The van der Waals surface area contributed by atoms with Crippen molar-refractivity contribution in [2.24, 2.45) is 0 Å². The minimum Gasteiger partial charge on any atom is -0.481 e. The van der Waals surface area contributed by atoms with Crippen molar-refractivity contribution in [3.63, 3.8) is 0 Å². The van der Waals surface area contributed by atoms with E-state index in [0.717, 1.165) is 32.1 Å². The van der Waals surface area contributed by atoms with Crippen LogP contribution in [0.1, 0.15) is 51.9 Å². The fourth-order valence-corrected chi connectivity index (χ4v) is 2.63. The predicted octanol–water partition coefficient (Wildman–Crippen LogP) is 1.67. The molecule has 2 amide bonds. The quantitative estimate of drug-likeness (QED) is 0.691. The van der Waals surface area contributed by atoms with Gasteiger partial charge in [-0.3, -0.25) is 4.79 Å². The van der Waals surface area contributed by atoms with Crippen molar-refractivity contribution in [1.82, 2.24) is 10.2 Å². The number of carboxylic acid groups (broad SMARTS) is 2. The summed E-state index contributed by atoms with van der Waals surface area (Å²) >= 11 is 0. The van der Waals surface area contributed by atoms with Gasteiger partial charge in [0, 0.05) is 19.0 Å². The number of aliphatic carboxylic acids is 2. The van der Waals surface area contributed by atoms with Crippen LogP contribution in [-0.4, -0.2) is 51.7 Å². The van der Waals surface area contributed by atoms with E-state index in [-0.39, 0.29) is 18.9 Å². The number of nitrogens with one attached hydrogen (secondary N) is 1. The number of carbonyl (C=O) groups excluding carboxylic acids is 1. The molecule has 21 heavy (non-hydrogen) atoms. The highest BCUT2D eigenvalue weighted by atomic mass is 16.4. The van der Waals surface area contributed by atoms with Gasteiger partial charge < -0.3 is 20.4 Å². The van der Waals surface area contributed by atoms with E-state index >= 15 is 0 Å². The molecule has 0 spiro atoms. The van der Waals surface area contributed by atoms with E-state index in [0.29, 0.717) is 6.54 Å². The van der Waals surface area contributed by atoms with Crippen molar-refractivity contribution < 1.29 is 24.6 Å². The standard InChI is InChI=1S/C14H24N2O5/c1-2-10-6-4-3-5-9-16(10)14(21)15-11(13(19)20)7-8-12(17)18/h10-11H,2-9H2,1H3,(H,15,21)(H,17,18)(H,19,20). The molecule has 1 aliphatic rings. The second-order valence-electron chi connectivity index (χ2n) is 5.38. The van der Waals surface area contributed by atoms with Crippen LogP contribution in [0.3, 0.4) is 0 Å². The van der Waals surface area contributed by atoms with E-state index in [1.165, 1.54) is 0 Å². The zero-order chi connectivity index (χ0) is 15.8. The maximum atomic E-state index is 12.3. The van der Waals surface area contributed by atoms with E-state index in [2.05, 4.69) is 5.32 Å². The Morgan fingerprint density at radius 3 is 2.52 bits per heavy atom. The van der Waals surface area contributed by atoms with Gasteiger partial charge in [0.05, 0.1) is 0 Å². The second-order valence-corrected chi connectivity index (χ2v) is 5.38. The molecule has 2 atom stereocenters. The molecule has 7 nitrogen and oxygen atoms in total. The first-order valence-corrected chi connectivity index (χ1v) is 7.47. The Hall–Kier alpha value is -1.79. The highest BCUT2D eigenvalue weighted by Crippen LogP contribution is 2.19. The van der Waals surface area contributed by atoms with Gasteiger partial charge in [-0.1, -0.05) is 19.8 Å². The Kier molecular flexibility index (Phi) is 6.98. The zero-order valence-electron chi connectivity index (χ0n) is 12.4. The molecule has 0 saturated carbocycles. The number of carbonyl (C=O) groups is 3. The average molecular weight is 300 g/mol. The lowest BCUT2D eigenvalue weighted by atomic mass is 10.1. The molecule has 7 heteroatoms. The Labute approximate surface area is 124 Å². The number of amides is 2. The van der Waals surface area contributed by atoms with Crippen LogP contribution in [0.5, 0.6) is 0 Å². The van der Waals surface area contributed by atoms with Crippen LogP contribution in [0.25, 0.3) is 0 Å². The number of nitrogens with zero attached hydrogens (tertiary/aromatic N) is 1. The number of rotatable bonds is 6.